The molecule has 0 radical (unpaired) electrons. The minimum Gasteiger partial charge on any atom is -0.338 e. The van der Waals surface area contributed by atoms with Crippen LogP contribution in [0.15, 0.2) is 12.3 Å². The molecule has 1 aromatic rings. The average Bonchev–Trinajstić information content (AvgIpc) is 2.65. The molecule has 0 spiro atoms. The van der Waals surface area contributed by atoms with Gasteiger partial charge < -0.3 is 4.90 Å². The van der Waals surface area contributed by atoms with E-state index in [0.29, 0.717) is 24.8 Å². The molecule has 0 N–H and O–H groups in total. The molecule has 1 fully saturated rings. The number of hydrogen-bond acceptors (Lipinski definition) is 3. The third-order valence-corrected chi connectivity index (χ3v) is 2.67. The van der Waals surface area contributed by atoms with Crippen LogP contribution in [0, 0.1) is 0 Å². The fourth-order valence-corrected chi connectivity index (χ4v) is 1.74. The minimum absolute atomic E-state index is 0.385. The van der Waals surface area contributed by atoms with Gasteiger partial charge in [0.05, 0.1) is 6.54 Å². The lowest BCUT2D eigenvalue weighted by Crippen LogP contribution is -2.22. The molecule has 0 amide bonds. The van der Waals surface area contributed by atoms with Crippen molar-refractivity contribution in [2.24, 2.45) is 0 Å². The van der Waals surface area contributed by atoms with E-state index in [1.807, 2.05) is 11.0 Å². The van der Waals surface area contributed by atoms with E-state index in [9.17, 15) is 4.39 Å². The van der Waals surface area contributed by atoms with Gasteiger partial charge in [0.15, 0.2) is 0 Å². The Morgan fingerprint density at radius 1 is 1.53 bits per heavy atom. The summed E-state index contributed by atoms with van der Waals surface area (Å²) < 4.78 is 13.0. The zero-order valence-electron chi connectivity index (χ0n) is 9.15. The first kappa shape index (κ1) is 10.3. The molecule has 1 atom stereocenters. The van der Waals surface area contributed by atoms with Crippen LogP contribution in [0.5, 0.6) is 0 Å². The van der Waals surface area contributed by atoms with Gasteiger partial charge in [-0.25, -0.2) is 14.4 Å². The number of aromatic nitrogens is 2. The van der Waals surface area contributed by atoms with Crippen molar-refractivity contribution in [3.63, 3.8) is 0 Å². The maximum atomic E-state index is 13.0. The second-order valence-corrected chi connectivity index (χ2v) is 4.27. The molecule has 4 heteroatoms. The molecule has 2 rings (SSSR count). The number of rotatable bonds is 2. The van der Waals surface area contributed by atoms with Crippen LogP contribution in [0.4, 0.5) is 10.3 Å². The van der Waals surface area contributed by atoms with Gasteiger partial charge in [0, 0.05) is 18.4 Å². The summed E-state index contributed by atoms with van der Waals surface area (Å²) in [6, 6.07) is 1.91. The second kappa shape index (κ2) is 4.13. The summed E-state index contributed by atoms with van der Waals surface area (Å²) in [5, 5.41) is 0. The summed E-state index contributed by atoms with van der Waals surface area (Å²) in [5.74, 6) is 1.05. The Kier molecular flexibility index (Phi) is 2.84. The summed E-state index contributed by atoms with van der Waals surface area (Å²) in [5.41, 5.74) is 1.02. The topological polar surface area (TPSA) is 29.0 Å². The second-order valence-electron chi connectivity index (χ2n) is 4.27. The van der Waals surface area contributed by atoms with E-state index in [-0.39, 0.29) is 0 Å². The molecule has 1 aliphatic rings. The first-order valence-corrected chi connectivity index (χ1v) is 5.39. The Morgan fingerprint density at radius 3 is 2.93 bits per heavy atom. The lowest BCUT2D eigenvalue weighted by Gasteiger charge is -2.16. The van der Waals surface area contributed by atoms with Crippen LogP contribution in [0.2, 0.25) is 0 Å². The number of alkyl halides is 1. The van der Waals surface area contributed by atoms with Crippen LogP contribution >= 0.6 is 0 Å². The largest absolute Gasteiger partial charge is 0.338 e. The van der Waals surface area contributed by atoms with Gasteiger partial charge in [0.25, 0.3) is 0 Å². The van der Waals surface area contributed by atoms with Crippen LogP contribution < -0.4 is 4.90 Å². The van der Waals surface area contributed by atoms with E-state index in [4.69, 9.17) is 0 Å². The van der Waals surface area contributed by atoms with E-state index in [1.54, 1.807) is 6.20 Å². The Morgan fingerprint density at radius 2 is 2.33 bits per heavy atom. The fourth-order valence-electron chi connectivity index (χ4n) is 1.74. The van der Waals surface area contributed by atoms with E-state index >= 15 is 0 Å². The van der Waals surface area contributed by atoms with E-state index in [2.05, 4.69) is 23.8 Å². The molecule has 0 saturated carbocycles. The molecular formula is C11H16FN3. The third kappa shape index (κ3) is 2.25. The Hall–Kier alpha value is -1.19. The highest BCUT2D eigenvalue weighted by Crippen LogP contribution is 2.19. The molecule has 1 saturated heterocycles. The van der Waals surface area contributed by atoms with Crippen LogP contribution in [0.3, 0.4) is 0 Å². The van der Waals surface area contributed by atoms with Crippen molar-refractivity contribution >= 4 is 5.95 Å². The lowest BCUT2D eigenvalue weighted by atomic mass is 10.1. The summed E-state index contributed by atoms with van der Waals surface area (Å²) in [7, 11) is 0. The summed E-state index contributed by atoms with van der Waals surface area (Å²) in [6.07, 6.45) is 1.62. The summed E-state index contributed by atoms with van der Waals surface area (Å²) in [4.78, 5) is 10.5. The van der Waals surface area contributed by atoms with Crippen molar-refractivity contribution in [1.82, 2.24) is 9.97 Å². The summed E-state index contributed by atoms with van der Waals surface area (Å²) >= 11 is 0. The van der Waals surface area contributed by atoms with E-state index in [0.717, 1.165) is 12.2 Å². The van der Waals surface area contributed by atoms with Crippen molar-refractivity contribution in [3.8, 4) is 0 Å². The molecule has 0 aromatic carbocycles. The number of halogens is 1. The molecule has 0 bridgehead atoms. The highest BCUT2D eigenvalue weighted by Gasteiger charge is 2.23. The zero-order valence-corrected chi connectivity index (χ0v) is 9.15. The van der Waals surface area contributed by atoms with Crippen LogP contribution in [0.25, 0.3) is 0 Å². The van der Waals surface area contributed by atoms with E-state index in [1.165, 1.54) is 0 Å². The lowest BCUT2D eigenvalue weighted by molar-refractivity contribution is 0.364. The predicted octanol–water partition coefficient (Wildman–Crippen LogP) is 2.15. The van der Waals surface area contributed by atoms with Gasteiger partial charge in [-0.1, -0.05) is 13.8 Å². The number of nitrogens with zero attached hydrogens (tertiary/aromatic N) is 3. The minimum atomic E-state index is -0.726. The van der Waals surface area contributed by atoms with E-state index < -0.39 is 6.17 Å². The van der Waals surface area contributed by atoms with Gasteiger partial charge in [-0.3, -0.25) is 0 Å². The maximum Gasteiger partial charge on any atom is 0.225 e. The third-order valence-electron chi connectivity index (χ3n) is 2.67. The van der Waals surface area contributed by atoms with Gasteiger partial charge in [-0.15, -0.1) is 0 Å². The maximum absolute atomic E-state index is 13.0. The Bertz CT molecular complexity index is 340. The van der Waals surface area contributed by atoms with Gasteiger partial charge in [0.2, 0.25) is 5.95 Å². The SMILES string of the molecule is CC(C)c1ccnc(N2CCC(F)C2)n1. The number of hydrogen-bond donors (Lipinski definition) is 0. The molecule has 0 aliphatic carbocycles. The summed E-state index contributed by atoms with van der Waals surface area (Å²) in [6.45, 7) is 5.34. The van der Waals surface area contributed by atoms with Crippen LogP contribution in [0.1, 0.15) is 31.9 Å². The first-order chi connectivity index (χ1) is 7.16. The van der Waals surface area contributed by atoms with Gasteiger partial charge in [-0.05, 0) is 18.4 Å². The quantitative estimate of drug-likeness (QED) is 0.747. The predicted molar refractivity (Wildman–Crippen MR) is 57.8 cm³/mol. The van der Waals surface area contributed by atoms with Crippen molar-refractivity contribution < 1.29 is 4.39 Å². The van der Waals surface area contributed by atoms with Crippen molar-refractivity contribution in [2.45, 2.75) is 32.4 Å². The molecule has 3 nitrogen and oxygen atoms in total. The van der Waals surface area contributed by atoms with Gasteiger partial charge in [-0.2, -0.15) is 0 Å². The molecule has 1 aromatic heterocycles. The smallest absolute Gasteiger partial charge is 0.225 e. The first-order valence-electron chi connectivity index (χ1n) is 5.39. The molecule has 1 unspecified atom stereocenters. The van der Waals surface area contributed by atoms with Gasteiger partial charge >= 0.3 is 0 Å². The highest BCUT2D eigenvalue weighted by molar-refractivity contribution is 5.32. The fraction of sp³-hybridized carbons (Fsp3) is 0.636. The monoisotopic (exact) mass is 209 g/mol. The Labute approximate surface area is 89.3 Å². The Balaban J connectivity index is 2.18. The van der Waals surface area contributed by atoms with Crippen LogP contribution in [-0.4, -0.2) is 29.2 Å². The zero-order chi connectivity index (χ0) is 10.8. The van der Waals surface area contributed by atoms with Crippen LogP contribution in [-0.2, 0) is 0 Å². The molecular weight excluding hydrogens is 193 g/mol. The number of anilines is 1. The molecule has 2 heterocycles. The van der Waals surface area contributed by atoms with Gasteiger partial charge in [0.1, 0.15) is 6.17 Å². The van der Waals surface area contributed by atoms with Crippen molar-refractivity contribution in [1.29, 1.82) is 0 Å². The molecule has 82 valence electrons. The average molecular weight is 209 g/mol. The normalized spacial score (nSPS) is 21.3. The standard InChI is InChI=1S/C11H16FN3/c1-8(2)10-3-5-13-11(14-10)15-6-4-9(12)7-15/h3,5,8-9H,4,6-7H2,1-2H3. The molecule has 1 aliphatic heterocycles. The van der Waals surface area contributed by atoms with Crippen molar-refractivity contribution in [3.05, 3.63) is 18.0 Å². The van der Waals surface area contributed by atoms with Crippen molar-refractivity contribution in [2.75, 3.05) is 18.0 Å². The highest BCUT2D eigenvalue weighted by atomic mass is 19.1. The molecule has 15 heavy (non-hydrogen) atoms.